The van der Waals surface area contributed by atoms with Crippen LogP contribution >= 0.6 is 0 Å². The van der Waals surface area contributed by atoms with Gasteiger partial charge in [0.05, 0.1) is 6.04 Å². The van der Waals surface area contributed by atoms with Crippen LogP contribution in [0.2, 0.25) is 0 Å². The predicted molar refractivity (Wildman–Crippen MR) is 78.0 cm³/mol. The Balaban J connectivity index is 2.50. The van der Waals surface area contributed by atoms with Gasteiger partial charge in [0.2, 0.25) is 5.75 Å². The number of nitrogens with one attached hydrogen (secondary N) is 1. The van der Waals surface area contributed by atoms with Gasteiger partial charge in [0, 0.05) is 11.6 Å². The first-order valence-corrected chi connectivity index (χ1v) is 6.55. The summed E-state index contributed by atoms with van der Waals surface area (Å²) in [6.45, 7) is 4.01. The van der Waals surface area contributed by atoms with Gasteiger partial charge >= 0.3 is 0 Å². The summed E-state index contributed by atoms with van der Waals surface area (Å²) in [5, 5.41) is 32.5. The summed E-state index contributed by atoms with van der Waals surface area (Å²) in [4.78, 5) is 0. The van der Waals surface area contributed by atoms with Gasteiger partial charge in [-0.15, -0.1) is 0 Å². The molecule has 0 spiro atoms. The second kappa shape index (κ2) is 5.84. The first-order chi connectivity index (χ1) is 9.50. The van der Waals surface area contributed by atoms with Gasteiger partial charge in [-0.05, 0) is 31.5 Å². The molecule has 20 heavy (non-hydrogen) atoms. The highest BCUT2D eigenvalue weighted by molar-refractivity contribution is 5.55. The number of hydrogen-bond donors (Lipinski definition) is 4. The van der Waals surface area contributed by atoms with Crippen LogP contribution in [0.1, 0.15) is 31.0 Å². The van der Waals surface area contributed by atoms with Gasteiger partial charge in [0.25, 0.3) is 0 Å². The van der Waals surface area contributed by atoms with Crippen molar-refractivity contribution in [2.75, 3.05) is 0 Å². The van der Waals surface area contributed by atoms with E-state index in [0.29, 0.717) is 5.56 Å². The maximum Gasteiger partial charge on any atom is 0.200 e. The van der Waals surface area contributed by atoms with Crippen molar-refractivity contribution in [1.29, 1.82) is 0 Å². The summed E-state index contributed by atoms with van der Waals surface area (Å²) in [5.41, 5.74) is 1.50. The Labute approximate surface area is 118 Å². The summed E-state index contributed by atoms with van der Waals surface area (Å²) >= 11 is 0. The third-order valence-corrected chi connectivity index (χ3v) is 3.11. The van der Waals surface area contributed by atoms with Gasteiger partial charge in [-0.1, -0.05) is 30.3 Å². The quantitative estimate of drug-likeness (QED) is 0.646. The lowest BCUT2D eigenvalue weighted by Crippen LogP contribution is -2.29. The van der Waals surface area contributed by atoms with Gasteiger partial charge < -0.3 is 20.6 Å². The molecule has 2 aromatic carbocycles. The molecule has 0 saturated carbocycles. The van der Waals surface area contributed by atoms with E-state index in [1.807, 2.05) is 44.2 Å². The van der Waals surface area contributed by atoms with Crippen LogP contribution in [0.3, 0.4) is 0 Å². The lowest BCUT2D eigenvalue weighted by atomic mass is 9.96. The first-order valence-electron chi connectivity index (χ1n) is 6.55. The Morgan fingerprint density at radius 1 is 0.850 bits per heavy atom. The van der Waals surface area contributed by atoms with Crippen LogP contribution in [0.15, 0.2) is 42.5 Å². The molecule has 0 heterocycles. The monoisotopic (exact) mass is 273 g/mol. The fourth-order valence-corrected chi connectivity index (χ4v) is 2.16. The summed E-state index contributed by atoms with van der Waals surface area (Å²) < 4.78 is 0. The van der Waals surface area contributed by atoms with Crippen LogP contribution in [-0.2, 0) is 0 Å². The number of hydrogen-bond acceptors (Lipinski definition) is 4. The van der Waals surface area contributed by atoms with Crippen LogP contribution < -0.4 is 5.32 Å². The van der Waals surface area contributed by atoms with Crippen molar-refractivity contribution in [3.8, 4) is 17.2 Å². The molecular weight excluding hydrogens is 254 g/mol. The molecule has 2 aromatic rings. The third-order valence-electron chi connectivity index (χ3n) is 3.11. The van der Waals surface area contributed by atoms with Crippen LogP contribution in [0.25, 0.3) is 0 Å². The van der Waals surface area contributed by atoms with Gasteiger partial charge in [0.1, 0.15) is 0 Å². The number of aromatic hydroxyl groups is 3. The van der Waals surface area contributed by atoms with Crippen molar-refractivity contribution in [3.05, 3.63) is 53.6 Å². The summed E-state index contributed by atoms with van der Waals surface area (Å²) in [5.74, 6) is -1.12. The lowest BCUT2D eigenvalue weighted by molar-refractivity contribution is 0.361. The van der Waals surface area contributed by atoms with Crippen molar-refractivity contribution in [1.82, 2.24) is 5.32 Å². The average Bonchev–Trinajstić information content (AvgIpc) is 2.44. The van der Waals surface area contributed by atoms with Crippen LogP contribution in [0.5, 0.6) is 17.2 Å². The van der Waals surface area contributed by atoms with Crippen LogP contribution in [-0.4, -0.2) is 21.4 Å². The van der Waals surface area contributed by atoms with E-state index in [2.05, 4.69) is 5.32 Å². The van der Waals surface area contributed by atoms with E-state index in [1.54, 1.807) is 6.07 Å². The summed E-state index contributed by atoms with van der Waals surface area (Å²) in [6, 6.07) is 12.6. The van der Waals surface area contributed by atoms with Crippen LogP contribution in [0, 0.1) is 0 Å². The average molecular weight is 273 g/mol. The molecule has 0 aliphatic rings. The molecule has 2 rings (SSSR count). The third kappa shape index (κ3) is 2.86. The number of rotatable bonds is 4. The second-order valence-corrected chi connectivity index (χ2v) is 5.04. The van der Waals surface area contributed by atoms with Crippen molar-refractivity contribution in [2.24, 2.45) is 0 Å². The number of benzene rings is 2. The molecule has 0 bridgehead atoms. The highest BCUT2D eigenvalue weighted by Crippen LogP contribution is 2.41. The maximum atomic E-state index is 10.1. The van der Waals surface area contributed by atoms with Gasteiger partial charge in [-0.3, -0.25) is 0 Å². The van der Waals surface area contributed by atoms with Crippen molar-refractivity contribution in [2.45, 2.75) is 25.9 Å². The summed E-state index contributed by atoms with van der Waals surface area (Å²) in [7, 11) is 0. The Kier molecular flexibility index (Phi) is 4.15. The maximum absolute atomic E-state index is 10.1. The SMILES string of the molecule is CC(C)NC(c1ccccc1)c1ccc(O)c(O)c1O. The molecule has 4 heteroatoms. The number of phenols is 3. The molecule has 0 saturated heterocycles. The van der Waals surface area contributed by atoms with Crippen molar-refractivity contribution < 1.29 is 15.3 Å². The van der Waals surface area contributed by atoms with Crippen LogP contribution in [0.4, 0.5) is 0 Å². The molecule has 0 aromatic heterocycles. The number of phenolic OH excluding ortho intramolecular Hbond substituents is 3. The first kappa shape index (κ1) is 14.2. The lowest BCUT2D eigenvalue weighted by Gasteiger charge is -2.23. The van der Waals surface area contributed by atoms with E-state index in [4.69, 9.17) is 0 Å². The Bertz CT molecular complexity index is 582. The minimum Gasteiger partial charge on any atom is -0.504 e. The zero-order valence-corrected chi connectivity index (χ0v) is 11.5. The Morgan fingerprint density at radius 3 is 2.10 bits per heavy atom. The Morgan fingerprint density at radius 2 is 1.50 bits per heavy atom. The predicted octanol–water partition coefficient (Wildman–Crippen LogP) is 2.89. The van der Waals surface area contributed by atoms with E-state index in [-0.39, 0.29) is 23.6 Å². The van der Waals surface area contributed by atoms with E-state index >= 15 is 0 Å². The molecule has 0 aliphatic heterocycles. The van der Waals surface area contributed by atoms with E-state index < -0.39 is 5.75 Å². The summed E-state index contributed by atoms with van der Waals surface area (Å²) in [6.07, 6.45) is 0. The normalized spacial score (nSPS) is 12.6. The smallest absolute Gasteiger partial charge is 0.200 e. The topological polar surface area (TPSA) is 72.7 Å². The molecule has 0 fully saturated rings. The van der Waals surface area contributed by atoms with Gasteiger partial charge in [-0.2, -0.15) is 0 Å². The molecule has 0 amide bonds. The molecule has 0 radical (unpaired) electrons. The second-order valence-electron chi connectivity index (χ2n) is 5.04. The van der Waals surface area contributed by atoms with Gasteiger partial charge in [0.15, 0.2) is 11.5 Å². The molecular formula is C16H19NO3. The zero-order chi connectivity index (χ0) is 14.7. The minimum absolute atomic E-state index is 0.190. The molecule has 106 valence electrons. The van der Waals surface area contributed by atoms with E-state index in [1.165, 1.54) is 6.07 Å². The zero-order valence-electron chi connectivity index (χ0n) is 11.5. The molecule has 1 unspecified atom stereocenters. The highest BCUT2D eigenvalue weighted by Gasteiger charge is 2.21. The molecule has 0 aliphatic carbocycles. The van der Waals surface area contributed by atoms with E-state index in [0.717, 1.165) is 5.56 Å². The fraction of sp³-hybridized carbons (Fsp3) is 0.250. The van der Waals surface area contributed by atoms with E-state index in [9.17, 15) is 15.3 Å². The molecule has 1 atom stereocenters. The molecule has 4 nitrogen and oxygen atoms in total. The minimum atomic E-state index is -0.492. The van der Waals surface area contributed by atoms with Crippen molar-refractivity contribution >= 4 is 0 Å². The standard InChI is InChI=1S/C16H19NO3/c1-10(2)17-14(11-6-4-3-5-7-11)12-8-9-13(18)16(20)15(12)19/h3-10,14,17-20H,1-2H3. The molecule has 4 N–H and O–H groups in total. The van der Waals surface area contributed by atoms with Crippen molar-refractivity contribution in [3.63, 3.8) is 0 Å². The largest absolute Gasteiger partial charge is 0.504 e. The fourth-order valence-electron chi connectivity index (χ4n) is 2.16. The Hall–Kier alpha value is -2.20. The highest BCUT2D eigenvalue weighted by atomic mass is 16.3. The van der Waals surface area contributed by atoms with Gasteiger partial charge in [-0.25, -0.2) is 0 Å².